The van der Waals surface area contributed by atoms with E-state index in [4.69, 9.17) is 4.74 Å². The molecule has 0 heterocycles. The van der Waals surface area contributed by atoms with Crippen LogP contribution in [0.1, 0.15) is 63.2 Å². The van der Waals surface area contributed by atoms with Crippen molar-refractivity contribution in [3.8, 4) is 0 Å². The van der Waals surface area contributed by atoms with Gasteiger partial charge in [0.05, 0.1) is 12.7 Å². The molecule has 0 amide bonds. The van der Waals surface area contributed by atoms with Crippen LogP contribution in [0.4, 0.5) is 5.69 Å². The van der Waals surface area contributed by atoms with Gasteiger partial charge in [0.15, 0.2) is 0 Å². The number of allylic oxidation sites excluding steroid dienone is 2. The zero-order chi connectivity index (χ0) is 18.7. The number of fused-ring (bicyclic) bond motifs is 1. The molecule has 0 saturated heterocycles. The van der Waals surface area contributed by atoms with Gasteiger partial charge in [-0.3, -0.25) is 0 Å². The van der Waals surface area contributed by atoms with Crippen molar-refractivity contribution in [1.82, 2.24) is 0 Å². The monoisotopic (exact) mass is 355 g/mol. The number of ether oxygens (including phenoxy) is 1. The number of benzene rings is 1. The van der Waals surface area contributed by atoms with Gasteiger partial charge in [0.1, 0.15) is 0 Å². The molecule has 1 unspecified atom stereocenters. The van der Waals surface area contributed by atoms with Crippen molar-refractivity contribution in [3.05, 3.63) is 41.5 Å². The number of carbonyl (C=O) groups excluding carboxylic acids is 1. The van der Waals surface area contributed by atoms with Crippen LogP contribution in [0.2, 0.25) is 0 Å². The van der Waals surface area contributed by atoms with Crippen LogP contribution < -0.4 is 5.32 Å². The zero-order valence-corrected chi connectivity index (χ0v) is 16.7. The van der Waals surface area contributed by atoms with E-state index in [0.29, 0.717) is 16.9 Å². The van der Waals surface area contributed by atoms with E-state index in [1.807, 2.05) is 24.3 Å². The summed E-state index contributed by atoms with van der Waals surface area (Å²) in [5.74, 6) is 1.81. The Morgan fingerprint density at radius 1 is 1.35 bits per heavy atom. The molecule has 3 nitrogen and oxygen atoms in total. The standard InChI is InChI=1S/C23H33NO2/c1-16(15-24-21-11-6-5-10-20(21)22(25)26-4)18-12-13-19-9-7-8-17(2)23(19,3)14-18/h5-6,9-11,16-18,24H,7-8,12-15H2,1-4H3/t16-,17+,18?,23-/m0/s1. The Kier molecular flexibility index (Phi) is 5.74. The van der Waals surface area contributed by atoms with Gasteiger partial charge in [-0.05, 0) is 67.4 Å². The molecule has 0 spiro atoms. The van der Waals surface area contributed by atoms with Crippen LogP contribution >= 0.6 is 0 Å². The number of hydrogen-bond acceptors (Lipinski definition) is 3. The summed E-state index contributed by atoms with van der Waals surface area (Å²) in [5.41, 5.74) is 3.59. The fourth-order valence-corrected chi connectivity index (χ4v) is 4.93. The average Bonchev–Trinajstić information content (AvgIpc) is 2.66. The Bertz CT molecular complexity index is 681. The number of esters is 1. The smallest absolute Gasteiger partial charge is 0.339 e. The van der Waals surface area contributed by atoms with E-state index < -0.39 is 0 Å². The topological polar surface area (TPSA) is 38.3 Å². The zero-order valence-electron chi connectivity index (χ0n) is 16.7. The third-order valence-corrected chi connectivity index (χ3v) is 7.03. The molecule has 26 heavy (non-hydrogen) atoms. The van der Waals surface area contributed by atoms with Crippen LogP contribution in [-0.2, 0) is 4.74 Å². The lowest BCUT2D eigenvalue weighted by molar-refractivity contribution is 0.0601. The van der Waals surface area contributed by atoms with Crippen LogP contribution in [0, 0.1) is 23.2 Å². The summed E-state index contributed by atoms with van der Waals surface area (Å²) in [7, 11) is 1.43. The lowest BCUT2D eigenvalue weighted by Crippen LogP contribution is -2.38. The number of methoxy groups -OCH3 is 1. The van der Waals surface area contributed by atoms with E-state index in [9.17, 15) is 4.79 Å². The van der Waals surface area contributed by atoms with Crippen molar-refractivity contribution >= 4 is 11.7 Å². The van der Waals surface area contributed by atoms with Crippen molar-refractivity contribution < 1.29 is 9.53 Å². The van der Waals surface area contributed by atoms with E-state index in [2.05, 4.69) is 32.2 Å². The van der Waals surface area contributed by atoms with E-state index in [1.165, 1.54) is 39.2 Å². The Morgan fingerprint density at radius 2 is 2.12 bits per heavy atom. The van der Waals surface area contributed by atoms with Crippen molar-refractivity contribution in [1.29, 1.82) is 0 Å². The van der Waals surface area contributed by atoms with E-state index in [0.717, 1.165) is 24.1 Å². The van der Waals surface area contributed by atoms with Gasteiger partial charge in [-0.25, -0.2) is 4.79 Å². The minimum atomic E-state index is -0.281. The van der Waals surface area contributed by atoms with Gasteiger partial charge in [0, 0.05) is 12.2 Å². The van der Waals surface area contributed by atoms with Crippen LogP contribution in [0.25, 0.3) is 0 Å². The van der Waals surface area contributed by atoms with Crippen molar-refractivity contribution in [2.45, 2.75) is 52.9 Å². The Labute approximate surface area is 158 Å². The molecule has 2 aliphatic rings. The Morgan fingerprint density at radius 3 is 2.88 bits per heavy atom. The van der Waals surface area contributed by atoms with Gasteiger partial charge in [0.2, 0.25) is 0 Å². The molecule has 1 aromatic carbocycles. The maximum atomic E-state index is 11.9. The summed E-state index contributed by atoms with van der Waals surface area (Å²) in [4.78, 5) is 11.9. The van der Waals surface area contributed by atoms with Gasteiger partial charge in [-0.15, -0.1) is 0 Å². The van der Waals surface area contributed by atoms with E-state index in [-0.39, 0.29) is 5.97 Å². The molecule has 142 valence electrons. The highest BCUT2D eigenvalue weighted by atomic mass is 16.5. The van der Waals surface area contributed by atoms with Crippen LogP contribution in [0.3, 0.4) is 0 Å². The van der Waals surface area contributed by atoms with Crippen molar-refractivity contribution in [2.75, 3.05) is 19.0 Å². The van der Waals surface area contributed by atoms with Gasteiger partial charge in [-0.1, -0.05) is 44.6 Å². The molecule has 1 N–H and O–H groups in total. The van der Waals surface area contributed by atoms with Gasteiger partial charge < -0.3 is 10.1 Å². The first-order valence-electron chi connectivity index (χ1n) is 10.1. The number of hydrogen-bond donors (Lipinski definition) is 1. The van der Waals surface area contributed by atoms with Crippen LogP contribution in [0.15, 0.2) is 35.9 Å². The highest BCUT2D eigenvalue weighted by Crippen LogP contribution is 2.53. The first-order valence-corrected chi connectivity index (χ1v) is 10.1. The molecule has 3 rings (SSSR count). The molecule has 1 aromatic rings. The summed E-state index contributed by atoms with van der Waals surface area (Å²) in [6.07, 6.45) is 8.95. The largest absolute Gasteiger partial charge is 0.465 e. The highest BCUT2D eigenvalue weighted by molar-refractivity contribution is 5.95. The van der Waals surface area contributed by atoms with E-state index in [1.54, 1.807) is 5.57 Å². The van der Waals surface area contributed by atoms with Crippen molar-refractivity contribution in [2.24, 2.45) is 23.2 Å². The molecule has 0 aliphatic heterocycles. The lowest BCUT2D eigenvalue weighted by Gasteiger charge is -2.48. The van der Waals surface area contributed by atoms with Gasteiger partial charge in [0.25, 0.3) is 0 Å². The first-order chi connectivity index (χ1) is 12.5. The maximum absolute atomic E-state index is 11.9. The molecule has 3 heteroatoms. The molecule has 0 aromatic heterocycles. The number of anilines is 1. The predicted octanol–water partition coefficient (Wildman–Crippen LogP) is 5.68. The normalized spacial score (nSPS) is 29.3. The summed E-state index contributed by atoms with van der Waals surface area (Å²) in [6.45, 7) is 8.17. The second-order valence-corrected chi connectivity index (χ2v) is 8.52. The molecule has 0 radical (unpaired) electrons. The molecule has 2 aliphatic carbocycles. The number of rotatable bonds is 5. The summed E-state index contributed by atoms with van der Waals surface area (Å²) in [6, 6.07) is 7.62. The fourth-order valence-electron chi connectivity index (χ4n) is 4.93. The summed E-state index contributed by atoms with van der Waals surface area (Å²) < 4.78 is 4.90. The molecular weight excluding hydrogens is 322 g/mol. The summed E-state index contributed by atoms with van der Waals surface area (Å²) >= 11 is 0. The van der Waals surface area contributed by atoms with Crippen molar-refractivity contribution in [3.63, 3.8) is 0 Å². The predicted molar refractivity (Wildman–Crippen MR) is 107 cm³/mol. The Hall–Kier alpha value is -1.77. The summed E-state index contributed by atoms with van der Waals surface area (Å²) in [5, 5.41) is 3.51. The fraction of sp³-hybridized carbons (Fsp3) is 0.609. The Balaban J connectivity index is 1.65. The second kappa shape index (κ2) is 7.85. The van der Waals surface area contributed by atoms with Crippen LogP contribution in [-0.4, -0.2) is 19.6 Å². The number of nitrogens with one attached hydrogen (secondary N) is 1. The molecule has 1 fully saturated rings. The average molecular weight is 356 g/mol. The maximum Gasteiger partial charge on any atom is 0.339 e. The minimum absolute atomic E-state index is 0.281. The third-order valence-electron chi connectivity index (χ3n) is 7.03. The number of carbonyl (C=O) groups is 1. The minimum Gasteiger partial charge on any atom is -0.465 e. The lowest BCUT2D eigenvalue weighted by atomic mass is 9.57. The third kappa shape index (κ3) is 3.67. The van der Waals surface area contributed by atoms with Gasteiger partial charge >= 0.3 is 5.97 Å². The quantitative estimate of drug-likeness (QED) is 0.545. The molecule has 0 bridgehead atoms. The van der Waals surface area contributed by atoms with Crippen LogP contribution in [0.5, 0.6) is 0 Å². The van der Waals surface area contributed by atoms with E-state index >= 15 is 0 Å². The molecular formula is C23H33NO2. The SMILES string of the molecule is COC(=O)c1ccccc1NC[C@H](C)C1CCC2=CCC[C@@H](C)[C@]2(C)C1. The second-order valence-electron chi connectivity index (χ2n) is 8.52. The first kappa shape index (κ1) is 19.0. The number of para-hydroxylation sites is 1. The molecule has 4 atom stereocenters. The molecule has 1 saturated carbocycles. The van der Waals surface area contributed by atoms with Gasteiger partial charge in [-0.2, -0.15) is 0 Å². The highest BCUT2D eigenvalue weighted by Gasteiger charge is 2.42.